The predicted molar refractivity (Wildman–Crippen MR) is 135 cm³/mol. The molecule has 0 bridgehead atoms. The highest BCUT2D eigenvalue weighted by atomic mass is 16.1. The van der Waals surface area contributed by atoms with Gasteiger partial charge in [0.2, 0.25) is 0 Å². The van der Waals surface area contributed by atoms with Gasteiger partial charge in [0.05, 0.1) is 11.3 Å². The molecule has 0 spiro atoms. The standard InChI is InChI=1S/C28H28N4O/c1-20-11-15-32(31-16-12-21-7-3-4-8-25(21)31)28(33)27(20)23-10-9-22-18-26(29-19-24(22)17-23)30-13-5-2-6-14-30/h3-4,7-11,15,17-19H,2,5-6,12-14,16H2,1H3. The Morgan fingerprint density at radius 3 is 2.61 bits per heavy atom. The van der Waals surface area contributed by atoms with Crippen LogP contribution in [0.5, 0.6) is 0 Å². The van der Waals surface area contributed by atoms with Crippen LogP contribution in [0.3, 0.4) is 0 Å². The van der Waals surface area contributed by atoms with Gasteiger partial charge in [0.15, 0.2) is 0 Å². The SMILES string of the molecule is Cc1ccn(N2CCc3ccccc32)c(=O)c1-c1ccc2cc(N3CCCCC3)ncc2c1. The van der Waals surface area contributed by atoms with E-state index >= 15 is 0 Å². The summed E-state index contributed by atoms with van der Waals surface area (Å²) in [6.45, 7) is 4.99. The largest absolute Gasteiger partial charge is 0.357 e. The molecule has 1 fully saturated rings. The van der Waals surface area contributed by atoms with Gasteiger partial charge in [-0.15, -0.1) is 0 Å². The molecule has 4 aromatic rings. The second-order valence-corrected chi connectivity index (χ2v) is 9.18. The number of aryl methyl sites for hydroxylation is 1. The first-order valence-corrected chi connectivity index (χ1v) is 11.9. The Morgan fingerprint density at radius 2 is 1.73 bits per heavy atom. The van der Waals surface area contributed by atoms with Gasteiger partial charge in [0.1, 0.15) is 5.82 Å². The van der Waals surface area contributed by atoms with Crippen molar-refractivity contribution in [1.82, 2.24) is 9.66 Å². The van der Waals surface area contributed by atoms with Crippen molar-refractivity contribution in [1.29, 1.82) is 0 Å². The van der Waals surface area contributed by atoms with Gasteiger partial charge in [-0.25, -0.2) is 9.66 Å². The van der Waals surface area contributed by atoms with E-state index in [4.69, 9.17) is 4.98 Å². The molecule has 1 saturated heterocycles. The number of rotatable bonds is 3. The summed E-state index contributed by atoms with van der Waals surface area (Å²) in [5, 5.41) is 4.32. The maximum Gasteiger partial charge on any atom is 0.277 e. The lowest BCUT2D eigenvalue weighted by molar-refractivity contribution is 0.574. The molecule has 0 unspecified atom stereocenters. The maximum atomic E-state index is 13.7. The van der Waals surface area contributed by atoms with Crippen LogP contribution < -0.4 is 15.5 Å². The van der Waals surface area contributed by atoms with Gasteiger partial charge < -0.3 is 4.90 Å². The summed E-state index contributed by atoms with van der Waals surface area (Å²) < 4.78 is 1.77. The van der Waals surface area contributed by atoms with Crippen LogP contribution in [-0.2, 0) is 6.42 Å². The zero-order valence-corrected chi connectivity index (χ0v) is 19.0. The number of benzene rings is 2. The van der Waals surface area contributed by atoms with Crippen molar-refractivity contribution >= 4 is 22.3 Å². The fraction of sp³-hybridized carbons (Fsp3) is 0.286. The number of anilines is 2. The Bertz CT molecular complexity index is 1400. The van der Waals surface area contributed by atoms with Crippen LogP contribution in [0, 0.1) is 6.92 Å². The average molecular weight is 437 g/mol. The predicted octanol–water partition coefficient (Wildman–Crippen LogP) is 5.19. The smallest absolute Gasteiger partial charge is 0.277 e. The van der Waals surface area contributed by atoms with E-state index < -0.39 is 0 Å². The van der Waals surface area contributed by atoms with Crippen molar-refractivity contribution in [2.75, 3.05) is 29.5 Å². The topological polar surface area (TPSA) is 41.4 Å². The van der Waals surface area contributed by atoms with Crippen LogP contribution in [0.4, 0.5) is 11.5 Å². The van der Waals surface area contributed by atoms with Crippen molar-refractivity contribution in [2.45, 2.75) is 32.6 Å². The molecule has 2 aliphatic rings. The van der Waals surface area contributed by atoms with E-state index in [0.717, 1.165) is 65.0 Å². The van der Waals surface area contributed by atoms with Crippen molar-refractivity contribution < 1.29 is 0 Å². The summed E-state index contributed by atoms with van der Waals surface area (Å²) in [7, 11) is 0. The lowest BCUT2D eigenvalue weighted by atomic mass is 10.00. The van der Waals surface area contributed by atoms with Crippen LogP contribution in [0.15, 0.2) is 71.8 Å². The highest BCUT2D eigenvalue weighted by Gasteiger charge is 2.22. The molecule has 6 rings (SSSR count). The van der Waals surface area contributed by atoms with Crippen molar-refractivity contribution in [3.8, 4) is 11.1 Å². The molecule has 0 N–H and O–H groups in total. The van der Waals surface area contributed by atoms with Crippen molar-refractivity contribution in [3.63, 3.8) is 0 Å². The number of fused-ring (bicyclic) bond motifs is 2. The normalized spacial score (nSPS) is 15.8. The zero-order chi connectivity index (χ0) is 22.4. The Morgan fingerprint density at radius 1 is 0.879 bits per heavy atom. The fourth-order valence-corrected chi connectivity index (χ4v) is 5.28. The zero-order valence-electron chi connectivity index (χ0n) is 19.0. The van der Waals surface area contributed by atoms with E-state index in [0.29, 0.717) is 0 Å². The van der Waals surface area contributed by atoms with E-state index in [1.165, 1.54) is 24.8 Å². The van der Waals surface area contributed by atoms with Crippen molar-refractivity contribution in [2.24, 2.45) is 0 Å². The third-order valence-electron chi connectivity index (χ3n) is 7.08. The molecule has 5 nitrogen and oxygen atoms in total. The number of hydrogen-bond acceptors (Lipinski definition) is 4. The first kappa shape index (κ1) is 20.0. The first-order valence-electron chi connectivity index (χ1n) is 11.9. The Hall–Kier alpha value is -3.60. The summed E-state index contributed by atoms with van der Waals surface area (Å²) in [6, 6.07) is 18.9. The molecule has 0 amide bonds. The minimum absolute atomic E-state index is 0.0175. The summed E-state index contributed by atoms with van der Waals surface area (Å²) in [5.74, 6) is 1.06. The van der Waals surface area contributed by atoms with Crippen LogP contribution >= 0.6 is 0 Å². The molecule has 0 aliphatic carbocycles. The number of pyridine rings is 2. The number of para-hydroxylation sites is 1. The summed E-state index contributed by atoms with van der Waals surface area (Å²) >= 11 is 0. The van der Waals surface area contributed by atoms with Crippen LogP contribution in [0.25, 0.3) is 21.9 Å². The molecule has 0 atom stereocenters. The first-order chi connectivity index (χ1) is 16.2. The number of hydrogen-bond donors (Lipinski definition) is 0. The van der Waals surface area contributed by atoms with Crippen LogP contribution in [0.1, 0.15) is 30.4 Å². The van der Waals surface area contributed by atoms with Gasteiger partial charge >= 0.3 is 0 Å². The second kappa shape index (κ2) is 8.07. The van der Waals surface area contributed by atoms with Gasteiger partial charge in [0.25, 0.3) is 5.56 Å². The molecule has 4 heterocycles. The van der Waals surface area contributed by atoms with Crippen LogP contribution in [0.2, 0.25) is 0 Å². The lowest BCUT2D eigenvalue weighted by Crippen LogP contribution is -2.37. The molecule has 5 heteroatoms. The highest BCUT2D eigenvalue weighted by molar-refractivity contribution is 5.88. The van der Waals surface area contributed by atoms with Gasteiger partial charge in [-0.05, 0) is 78.9 Å². The second-order valence-electron chi connectivity index (χ2n) is 9.18. The van der Waals surface area contributed by atoms with E-state index in [9.17, 15) is 4.79 Å². The molecule has 2 aliphatic heterocycles. The number of piperidine rings is 1. The molecular formula is C28H28N4O. The summed E-state index contributed by atoms with van der Waals surface area (Å²) in [6.07, 6.45) is 8.59. The third-order valence-corrected chi connectivity index (χ3v) is 7.08. The van der Waals surface area contributed by atoms with Gasteiger partial charge in [-0.3, -0.25) is 9.80 Å². The fourth-order valence-electron chi connectivity index (χ4n) is 5.28. The van der Waals surface area contributed by atoms with E-state index in [2.05, 4.69) is 52.4 Å². The van der Waals surface area contributed by atoms with E-state index in [-0.39, 0.29) is 5.56 Å². The molecule has 0 saturated carbocycles. The number of aromatic nitrogens is 2. The van der Waals surface area contributed by atoms with E-state index in [1.54, 1.807) is 4.68 Å². The molecular weight excluding hydrogens is 408 g/mol. The Balaban J connectivity index is 1.40. The molecule has 166 valence electrons. The quantitative estimate of drug-likeness (QED) is 0.443. The van der Waals surface area contributed by atoms with Crippen LogP contribution in [-0.4, -0.2) is 29.3 Å². The van der Waals surface area contributed by atoms with E-state index in [1.807, 2.05) is 31.5 Å². The van der Waals surface area contributed by atoms with Gasteiger partial charge in [-0.1, -0.05) is 30.3 Å². The minimum Gasteiger partial charge on any atom is -0.357 e. The monoisotopic (exact) mass is 436 g/mol. The highest BCUT2D eigenvalue weighted by Crippen LogP contribution is 2.30. The minimum atomic E-state index is 0.0175. The Labute approximate surface area is 193 Å². The average Bonchev–Trinajstić information content (AvgIpc) is 3.28. The van der Waals surface area contributed by atoms with Crippen molar-refractivity contribution in [3.05, 3.63) is 88.5 Å². The third kappa shape index (κ3) is 3.48. The van der Waals surface area contributed by atoms with Gasteiger partial charge in [0, 0.05) is 37.4 Å². The lowest BCUT2D eigenvalue weighted by Gasteiger charge is -2.27. The summed E-state index contributed by atoms with van der Waals surface area (Å²) in [5.41, 5.74) is 5.10. The molecule has 2 aromatic heterocycles. The maximum absolute atomic E-state index is 13.7. The number of nitrogens with zero attached hydrogens (tertiary/aromatic N) is 4. The van der Waals surface area contributed by atoms with Gasteiger partial charge in [-0.2, -0.15) is 0 Å². The Kier molecular flexibility index (Phi) is 4.90. The summed E-state index contributed by atoms with van der Waals surface area (Å²) in [4.78, 5) is 20.8. The molecule has 0 radical (unpaired) electrons. The molecule has 33 heavy (non-hydrogen) atoms. The molecule has 2 aromatic carbocycles.